The largest absolute Gasteiger partial charge is 0.488 e. The Morgan fingerprint density at radius 2 is 1.65 bits per heavy atom. The minimum absolute atomic E-state index is 0.0629. The quantitative estimate of drug-likeness (QED) is 0.495. The lowest BCUT2D eigenvalue weighted by Crippen LogP contribution is -2.35. The molecule has 0 aliphatic heterocycles. The molecule has 0 heterocycles. The van der Waals surface area contributed by atoms with E-state index in [-0.39, 0.29) is 18.4 Å². The second-order valence-corrected chi connectivity index (χ2v) is 8.31. The third-order valence-corrected chi connectivity index (χ3v) is 5.37. The van der Waals surface area contributed by atoms with Crippen LogP contribution in [-0.4, -0.2) is 30.3 Å². The van der Waals surface area contributed by atoms with Crippen molar-refractivity contribution in [3.63, 3.8) is 0 Å². The molecule has 0 radical (unpaired) electrons. The standard InChI is InChI=1S/C25H25BrN2O3/c1-17-8-6-9-18(2)24(17)27-23(29)15-28(3)25(30)21-12-4-5-13-22(21)31-16-19-10-7-11-20(26)14-19/h4-14H,15-16H2,1-3H3,(H,27,29). The number of rotatable bonds is 7. The van der Waals surface area contributed by atoms with Gasteiger partial charge in [-0.1, -0.05) is 58.4 Å². The second-order valence-electron chi connectivity index (χ2n) is 7.39. The number of aryl methyl sites for hydroxylation is 2. The molecule has 2 amide bonds. The number of para-hydroxylation sites is 2. The summed E-state index contributed by atoms with van der Waals surface area (Å²) in [6.45, 7) is 4.15. The van der Waals surface area contributed by atoms with Crippen LogP contribution in [0.1, 0.15) is 27.0 Å². The first-order chi connectivity index (χ1) is 14.8. The van der Waals surface area contributed by atoms with Gasteiger partial charge in [-0.25, -0.2) is 0 Å². The third kappa shape index (κ3) is 5.95. The minimum atomic E-state index is -0.276. The zero-order valence-electron chi connectivity index (χ0n) is 17.8. The highest BCUT2D eigenvalue weighted by Gasteiger charge is 2.19. The van der Waals surface area contributed by atoms with Gasteiger partial charge in [-0.3, -0.25) is 9.59 Å². The zero-order chi connectivity index (χ0) is 22.4. The van der Waals surface area contributed by atoms with Crippen molar-refractivity contribution in [2.75, 3.05) is 18.9 Å². The lowest BCUT2D eigenvalue weighted by atomic mass is 10.1. The summed E-state index contributed by atoms with van der Waals surface area (Å²) in [5, 5.41) is 2.91. The first-order valence-electron chi connectivity index (χ1n) is 9.93. The molecule has 0 aliphatic rings. The van der Waals surface area contributed by atoms with Crippen molar-refractivity contribution >= 4 is 33.4 Å². The van der Waals surface area contributed by atoms with E-state index in [0.717, 1.165) is 26.9 Å². The lowest BCUT2D eigenvalue weighted by molar-refractivity contribution is -0.116. The molecule has 160 valence electrons. The van der Waals surface area contributed by atoms with Gasteiger partial charge < -0.3 is 15.0 Å². The van der Waals surface area contributed by atoms with E-state index in [1.807, 2.05) is 62.4 Å². The first-order valence-corrected chi connectivity index (χ1v) is 10.7. The number of likely N-dealkylation sites (N-methyl/N-ethyl adjacent to an activating group) is 1. The molecule has 0 unspecified atom stereocenters. The highest BCUT2D eigenvalue weighted by atomic mass is 79.9. The first kappa shape index (κ1) is 22.6. The van der Waals surface area contributed by atoms with Crippen LogP contribution in [0.4, 0.5) is 5.69 Å². The molecule has 0 bridgehead atoms. The molecule has 0 aliphatic carbocycles. The van der Waals surface area contributed by atoms with Gasteiger partial charge >= 0.3 is 0 Å². The molecule has 3 rings (SSSR count). The summed E-state index contributed by atoms with van der Waals surface area (Å²) in [6.07, 6.45) is 0. The van der Waals surface area contributed by atoms with Crippen LogP contribution < -0.4 is 10.1 Å². The van der Waals surface area contributed by atoms with E-state index in [2.05, 4.69) is 21.2 Å². The number of anilines is 1. The predicted octanol–water partition coefficient (Wildman–Crippen LogP) is 5.36. The summed E-state index contributed by atoms with van der Waals surface area (Å²) in [5.41, 5.74) is 4.14. The van der Waals surface area contributed by atoms with Gasteiger partial charge in [0.25, 0.3) is 5.91 Å². The Hall–Kier alpha value is -3.12. The fraction of sp³-hybridized carbons (Fsp3) is 0.200. The fourth-order valence-corrected chi connectivity index (χ4v) is 3.69. The number of nitrogens with one attached hydrogen (secondary N) is 1. The second kappa shape index (κ2) is 10.3. The van der Waals surface area contributed by atoms with E-state index < -0.39 is 0 Å². The average molecular weight is 481 g/mol. The molecule has 3 aromatic carbocycles. The minimum Gasteiger partial charge on any atom is -0.488 e. The molecule has 5 nitrogen and oxygen atoms in total. The maximum atomic E-state index is 13.0. The number of hydrogen-bond donors (Lipinski definition) is 1. The molecule has 31 heavy (non-hydrogen) atoms. The number of benzene rings is 3. The summed E-state index contributed by atoms with van der Waals surface area (Å²) in [7, 11) is 1.61. The van der Waals surface area contributed by atoms with E-state index in [9.17, 15) is 9.59 Å². The van der Waals surface area contributed by atoms with Crippen LogP contribution in [-0.2, 0) is 11.4 Å². The van der Waals surface area contributed by atoms with Crippen molar-refractivity contribution in [1.29, 1.82) is 0 Å². The molecule has 0 saturated heterocycles. The van der Waals surface area contributed by atoms with Crippen LogP contribution in [0, 0.1) is 13.8 Å². The molecule has 1 N–H and O–H groups in total. The maximum Gasteiger partial charge on any atom is 0.257 e. The van der Waals surface area contributed by atoms with Crippen LogP contribution in [0.3, 0.4) is 0 Å². The number of carbonyl (C=O) groups is 2. The Bertz CT molecular complexity index is 1080. The number of ether oxygens (including phenoxy) is 1. The molecule has 0 saturated carbocycles. The van der Waals surface area contributed by atoms with E-state index in [1.54, 1.807) is 25.2 Å². The highest BCUT2D eigenvalue weighted by molar-refractivity contribution is 9.10. The topological polar surface area (TPSA) is 58.6 Å². The van der Waals surface area contributed by atoms with E-state index in [4.69, 9.17) is 4.74 Å². The van der Waals surface area contributed by atoms with Gasteiger partial charge in [-0.2, -0.15) is 0 Å². The zero-order valence-corrected chi connectivity index (χ0v) is 19.4. The Morgan fingerprint density at radius 1 is 0.968 bits per heavy atom. The van der Waals surface area contributed by atoms with Gasteiger partial charge in [0, 0.05) is 17.2 Å². The fourth-order valence-electron chi connectivity index (χ4n) is 3.24. The van der Waals surface area contributed by atoms with Crippen molar-refractivity contribution in [2.24, 2.45) is 0 Å². The van der Waals surface area contributed by atoms with Crippen molar-refractivity contribution in [3.05, 3.63) is 93.5 Å². The number of hydrogen-bond acceptors (Lipinski definition) is 3. The lowest BCUT2D eigenvalue weighted by Gasteiger charge is -2.20. The summed E-state index contributed by atoms with van der Waals surface area (Å²) >= 11 is 3.45. The highest BCUT2D eigenvalue weighted by Crippen LogP contribution is 2.22. The monoisotopic (exact) mass is 480 g/mol. The molecule has 0 aromatic heterocycles. The normalized spacial score (nSPS) is 10.5. The van der Waals surface area contributed by atoms with Gasteiger partial charge in [0.15, 0.2) is 0 Å². The van der Waals surface area contributed by atoms with Gasteiger partial charge in [0.2, 0.25) is 5.91 Å². The molecular weight excluding hydrogens is 456 g/mol. The van der Waals surface area contributed by atoms with E-state index in [1.165, 1.54) is 4.90 Å². The number of carbonyl (C=O) groups excluding carboxylic acids is 2. The molecule has 0 spiro atoms. The van der Waals surface area contributed by atoms with Gasteiger partial charge in [-0.05, 0) is 54.8 Å². The summed E-state index contributed by atoms with van der Waals surface area (Å²) in [5.74, 6) is -0.0447. The maximum absolute atomic E-state index is 13.0. The van der Waals surface area contributed by atoms with Crippen LogP contribution in [0.5, 0.6) is 5.75 Å². The van der Waals surface area contributed by atoms with E-state index in [0.29, 0.717) is 17.9 Å². The number of halogens is 1. The number of amides is 2. The Kier molecular flexibility index (Phi) is 7.47. The Labute approximate surface area is 191 Å². The van der Waals surface area contributed by atoms with Crippen molar-refractivity contribution < 1.29 is 14.3 Å². The Morgan fingerprint density at radius 3 is 2.35 bits per heavy atom. The van der Waals surface area contributed by atoms with Crippen molar-refractivity contribution in [3.8, 4) is 5.75 Å². The Balaban J connectivity index is 1.67. The molecule has 0 fully saturated rings. The SMILES string of the molecule is Cc1cccc(C)c1NC(=O)CN(C)C(=O)c1ccccc1OCc1cccc(Br)c1. The van der Waals surface area contributed by atoms with Crippen LogP contribution in [0.25, 0.3) is 0 Å². The van der Waals surface area contributed by atoms with Crippen molar-refractivity contribution in [2.45, 2.75) is 20.5 Å². The molecule has 6 heteroatoms. The summed E-state index contributed by atoms with van der Waals surface area (Å²) < 4.78 is 6.88. The predicted molar refractivity (Wildman–Crippen MR) is 126 cm³/mol. The third-order valence-electron chi connectivity index (χ3n) is 4.87. The van der Waals surface area contributed by atoms with Gasteiger partial charge in [0.1, 0.15) is 12.4 Å². The summed E-state index contributed by atoms with van der Waals surface area (Å²) in [4.78, 5) is 27.0. The average Bonchev–Trinajstić information content (AvgIpc) is 2.74. The van der Waals surface area contributed by atoms with Crippen LogP contribution >= 0.6 is 15.9 Å². The van der Waals surface area contributed by atoms with E-state index >= 15 is 0 Å². The molecule has 3 aromatic rings. The smallest absolute Gasteiger partial charge is 0.257 e. The summed E-state index contributed by atoms with van der Waals surface area (Å²) in [6, 6.07) is 20.7. The van der Waals surface area contributed by atoms with Gasteiger partial charge in [-0.15, -0.1) is 0 Å². The van der Waals surface area contributed by atoms with Gasteiger partial charge in [0.05, 0.1) is 12.1 Å². The van der Waals surface area contributed by atoms with Crippen molar-refractivity contribution in [1.82, 2.24) is 4.90 Å². The number of nitrogens with zero attached hydrogens (tertiary/aromatic N) is 1. The molecule has 0 atom stereocenters. The molecular formula is C25H25BrN2O3. The van der Waals surface area contributed by atoms with Crippen LogP contribution in [0.2, 0.25) is 0 Å². The van der Waals surface area contributed by atoms with Crippen LogP contribution in [0.15, 0.2) is 71.2 Å².